The summed E-state index contributed by atoms with van der Waals surface area (Å²) in [5.74, 6) is 1.20. The van der Waals surface area contributed by atoms with Gasteiger partial charge in [0.15, 0.2) is 5.78 Å². The number of para-hydroxylation sites is 1. The average Bonchev–Trinajstić information content (AvgIpc) is 2.46. The number of benzene rings is 2. The van der Waals surface area contributed by atoms with Crippen molar-refractivity contribution in [1.29, 1.82) is 0 Å². The Hall–Kier alpha value is -1.94. The summed E-state index contributed by atoms with van der Waals surface area (Å²) in [5.41, 5.74) is 7.22. The van der Waals surface area contributed by atoms with E-state index in [0.29, 0.717) is 17.0 Å². The van der Waals surface area contributed by atoms with E-state index in [0.717, 1.165) is 10.6 Å². The molecule has 0 aromatic heterocycles. The number of rotatable bonds is 5. The fourth-order valence-corrected chi connectivity index (χ4v) is 2.48. The molecule has 0 bridgehead atoms. The third-order valence-electron chi connectivity index (χ3n) is 2.69. The number of nitrogen functional groups attached to an aromatic ring is 1. The fraction of sp³-hybridized carbons (Fsp3) is 0.133. The van der Waals surface area contributed by atoms with E-state index in [1.807, 2.05) is 24.3 Å². The molecule has 0 unspecified atom stereocenters. The second kappa shape index (κ2) is 6.29. The van der Waals surface area contributed by atoms with E-state index >= 15 is 0 Å². The van der Waals surface area contributed by atoms with Crippen LogP contribution in [0.2, 0.25) is 0 Å². The normalized spacial score (nSPS) is 10.2. The number of carbonyl (C=O) groups excluding carboxylic acids is 1. The van der Waals surface area contributed by atoms with Gasteiger partial charge in [0.25, 0.3) is 0 Å². The average molecular weight is 273 g/mol. The molecule has 0 amide bonds. The van der Waals surface area contributed by atoms with Crippen LogP contribution in [-0.2, 0) is 0 Å². The predicted molar refractivity (Wildman–Crippen MR) is 78.9 cm³/mol. The van der Waals surface area contributed by atoms with E-state index in [-0.39, 0.29) is 5.78 Å². The highest BCUT2D eigenvalue weighted by molar-refractivity contribution is 8.00. The number of ether oxygens (including phenoxy) is 1. The zero-order chi connectivity index (χ0) is 13.7. The first-order valence-corrected chi connectivity index (χ1v) is 6.84. The molecule has 0 radical (unpaired) electrons. The first-order valence-electron chi connectivity index (χ1n) is 5.85. The maximum Gasteiger partial charge on any atom is 0.173 e. The van der Waals surface area contributed by atoms with E-state index in [1.165, 1.54) is 11.8 Å². The molecule has 0 aliphatic heterocycles. The number of hydrogen-bond acceptors (Lipinski definition) is 4. The lowest BCUT2D eigenvalue weighted by molar-refractivity contribution is 0.102. The molecule has 2 aromatic carbocycles. The van der Waals surface area contributed by atoms with Crippen molar-refractivity contribution in [2.45, 2.75) is 4.90 Å². The molecule has 0 atom stereocenters. The molecule has 98 valence electrons. The van der Waals surface area contributed by atoms with Gasteiger partial charge >= 0.3 is 0 Å². The van der Waals surface area contributed by atoms with Crippen LogP contribution in [0.4, 0.5) is 5.69 Å². The number of methoxy groups -OCH3 is 1. The molecule has 3 nitrogen and oxygen atoms in total. The number of thioether (sulfide) groups is 1. The minimum Gasteiger partial charge on any atom is -0.497 e. The Morgan fingerprint density at radius 2 is 1.84 bits per heavy atom. The maximum absolute atomic E-state index is 12.0. The molecule has 2 aromatic rings. The van der Waals surface area contributed by atoms with Crippen LogP contribution in [-0.4, -0.2) is 18.6 Å². The molecule has 0 saturated carbocycles. The zero-order valence-electron chi connectivity index (χ0n) is 10.6. The van der Waals surface area contributed by atoms with Gasteiger partial charge in [-0.15, -0.1) is 11.8 Å². The lowest BCUT2D eigenvalue weighted by atomic mass is 10.1. The Balaban J connectivity index is 1.99. The summed E-state index contributed by atoms with van der Waals surface area (Å²) in [4.78, 5) is 13.0. The molecule has 0 aliphatic rings. The summed E-state index contributed by atoms with van der Waals surface area (Å²) < 4.78 is 5.06. The number of anilines is 1. The molecule has 2 rings (SSSR count). The molecular weight excluding hydrogens is 258 g/mol. The Kier molecular flexibility index (Phi) is 4.47. The summed E-state index contributed by atoms with van der Waals surface area (Å²) in [6, 6.07) is 14.7. The molecule has 19 heavy (non-hydrogen) atoms. The van der Waals surface area contributed by atoms with Crippen molar-refractivity contribution in [2.75, 3.05) is 18.6 Å². The van der Waals surface area contributed by atoms with Crippen molar-refractivity contribution in [3.63, 3.8) is 0 Å². The third-order valence-corrected chi connectivity index (χ3v) is 3.78. The van der Waals surface area contributed by atoms with Crippen molar-refractivity contribution in [1.82, 2.24) is 0 Å². The van der Waals surface area contributed by atoms with Crippen LogP contribution < -0.4 is 10.5 Å². The van der Waals surface area contributed by atoms with Crippen molar-refractivity contribution < 1.29 is 9.53 Å². The second-order valence-corrected chi connectivity index (χ2v) is 5.00. The van der Waals surface area contributed by atoms with E-state index in [2.05, 4.69) is 0 Å². The van der Waals surface area contributed by atoms with Crippen LogP contribution in [0, 0.1) is 0 Å². The second-order valence-electron chi connectivity index (χ2n) is 3.98. The van der Waals surface area contributed by atoms with Gasteiger partial charge in [-0.2, -0.15) is 0 Å². The summed E-state index contributed by atoms with van der Waals surface area (Å²) in [6.45, 7) is 0. The summed E-state index contributed by atoms with van der Waals surface area (Å²) >= 11 is 1.45. The van der Waals surface area contributed by atoms with E-state index in [1.54, 1.807) is 31.4 Å². The van der Waals surface area contributed by atoms with Crippen molar-refractivity contribution >= 4 is 23.2 Å². The van der Waals surface area contributed by atoms with E-state index in [9.17, 15) is 4.79 Å². The first kappa shape index (κ1) is 13.5. The largest absolute Gasteiger partial charge is 0.497 e. The molecular formula is C15H15NO2S. The van der Waals surface area contributed by atoms with Gasteiger partial charge in [-0.25, -0.2) is 0 Å². The molecule has 2 N–H and O–H groups in total. The highest BCUT2D eigenvalue weighted by Gasteiger charge is 2.08. The highest BCUT2D eigenvalue weighted by Crippen LogP contribution is 2.25. The van der Waals surface area contributed by atoms with E-state index < -0.39 is 0 Å². The molecule has 0 heterocycles. The van der Waals surface area contributed by atoms with Crippen LogP contribution in [0.25, 0.3) is 0 Å². The summed E-state index contributed by atoms with van der Waals surface area (Å²) in [5, 5.41) is 0. The van der Waals surface area contributed by atoms with Crippen molar-refractivity contribution in [2.24, 2.45) is 0 Å². The Morgan fingerprint density at radius 1 is 1.16 bits per heavy atom. The zero-order valence-corrected chi connectivity index (χ0v) is 11.4. The smallest absolute Gasteiger partial charge is 0.173 e. The summed E-state index contributed by atoms with van der Waals surface area (Å²) in [6.07, 6.45) is 0. The quantitative estimate of drug-likeness (QED) is 0.516. The van der Waals surface area contributed by atoms with Crippen LogP contribution in [0.15, 0.2) is 53.4 Å². The van der Waals surface area contributed by atoms with Gasteiger partial charge in [0, 0.05) is 16.1 Å². The van der Waals surface area contributed by atoms with Gasteiger partial charge in [0.2, 0.25) is 0 Å². The minimum atomic E-state index is 0.0795. The van der Waals surface area contributed by atoms with Gasteiger partial charge in [-0.1, -0.05) is 12.1 Å². The van der Waals surface area contributed by atoms with Crippen molar-refractivity contribution in [3.8, 4) is 5.75 Å². The van der Waals surface area contributed by atoms with E-state index in [4.69, 9.17) is 10.5 Å². The van der Waals surface area contributed by atoms with Gasteiger partial charge in [-0.3, -0.25) is 4.79 Å². The lowest BCUT2D eigenvalue weighted by Gasteiger charge is -2.05. The first-order chi connectivity index (χ1) is 9.20. The number of Topliss-reactive ketones (excluding diaryl/α,β-unsaturated/α-hetero) is 1. The lowest BCUT2D eigenvalue weighted by Crippen LogP contribution is -2.02. The minimum absolute atomic E-state index is 0.0795. The monoisotopic (exact) mass is 273 g/mol. The van der Waals surface area contributed by atoms with Gasteiger partial charge in [0.05, 0.1) is 12.9 Å². The van der Waals surface area contributed by atoms with Crippen LogP contribution in [0.1, 0.15) is 10.4 Å². The SMILES string of the molecule is COc1ccc(C(=O)CSc2ccccc2N)cc1. The standard InChI is InChI=1S/C15H15NO2S/c1-18-12-8-6-11(7-9-12)14(17)10-19-15-5-3-2-4-13(15)16/h2-9H,10,16H2,1H3. The molecule has 0 saturated heterocycles. The van der Waals surface area contributed by atoms with Crippen LogP contribution in [0.3, 0.4) is 0 Å². The number of ketones is 1. The highest BCUT2D eigenvalue weighted by atomic mass is 32.2. The molecule has 0 aliphatic carbocycles. The Labute approximate surface area is 116 Å². The third kappa shape index (κ3) is 3.51. The fourth-order valence-electron chi connectivity index (χ4n) is 1.62. The number of hydrogen-bond donors (Lipinski definition) is 1. The van der Waals surface area contributed by atoms with Gasteiger partial charge in [-0.05, 0) is 36.4 Å². The Morgan fingerprint density at radius 3 is 2.47 bits per heavy atom. The Bertz CT molecular complexity index is 567. The van der Waals surface area contributed by atoms with Gasteiger partial charge in [0.1, 0.15) is 5.75 Å². The predicted octanol–water partition coefficient (Wildman–Crippen LogP) is 3.25. The maximum atomic E-state index is 12.0. The van der Waals surface area contributed by atoms with Crippen LogP contribution in [0.5, 0.6) is 5.75 Å². The number of carbonyl (C=O) groups is 1. The number of nitrogens with two attached hydrogens (primary N) is 1. The molecule has 4 heteroatoms. The molecule has 0 spiro atoms. The summed E-state index contributed by atoms with van der Waals surface area (Å²) in [7, 11) is 1.60. The van der Waals surface area contributed by atoms with Gasteiger partial charge < -0.3 is 10.5 Å². The van der Waals surface area contributed by atoms with Crippen LogP contribution >= 0.6 is 11.8 Å². The topological polar surface area (TPSA) is 52.3 Å². The van der Waals surface area contributed by atoms with Crippen molar-refractivity contribution in [3.05, 3.63) is 54.1 Å². The molecule has 0 fully saturated rings.